The first-order valence-corrected chi connectivity index (χ1v) is 10.5. The van der Waals surface area contributed by atoms with E-state index in [1.54, 1.807) is 34.8 Å². The quantitative estimate of drug-likeness (QED) is 0.309. The maximum absolute atomic E-state index is 14.3. The molecule has 1 heterocycles. The molecule has 0 atom stereocenters. The Morgan fingerprint density at radius 2 is 1.96 bits per heavy atom. The third-order valence-corrected chi connectivity index (χ3v) is 5.36. The number of aromatic nitrogens is 1. The van der Waals surface area contributed by atoms with Crippen molar-refractivity contribution < 1.29 is 4.39 Å². The highest BCUT2D eigenvalue weighted by atomic mass is 32.2. The van der Waals surface area contributed by atoms with Gasteiger partial charge in [-0.1, -0.05) is 36.4 Å². The molecule has 2 aromatic carbocycles. The van der Waals surface area contributed by atoms with E-state index in [0.717, 1.165) is 11.1 Å². The van der Waals surface area contributed by atoms with Crippen molar-refractivity contribution >= 4 is 29.3 Å². The number of thioether (sulfide) groups is 1. The molecule has 0 aliphatic rings. The fourth-order valence-electron chi connectivity index (χ4n) is 2.39. The van der Waals surface area contributed by atoms with Crippen LogP contribution in [0.1, 0.15) is 12.5 Å². The first-order chi connectivity index (χ1) is 13.1. The molecule has 0 N–H and O–H groups in total. The number of hydrogen-bond acceptors (Lipinski definition) is 4. The molecule has 0 amide bonds. The van der Waals surface area contributed by atoms with Crippen molar-refractivity contribution in [1.29, 1.82) is 0 Å². The number of hydrogen-bond donors (Lipinski definition) is 0. The smallest absolute Gasteiger partial charge is 0.206 e. The molecular formula is C21H20FN3S2. The molecule has 3 nitrogen and oxygen atoms in total. The number of benzene rings is 2. The van der Waals surface area contributed by atoms with Gasteiger partial charge in [0, 0.05) is 15.8 Å². The van der Waals surface area contributed by atoms with Gasteiger partial charge in [-0.2, -0.15) is 5.10 Å². The van der Waals surface area contributed by atoms with Crippen LogP contribution in [0.4, 0.5) is 4.39 Å². The van der Waals surface area contributed by atoms with Gasteiger partial charge < -0.3 is 0 Å². The molecule has 0 unspecified atom stereocenters. The van der Waals surface area contributed by atoms with Crippen LogP contribution in [0.2, 0.25) is 0 Å². The zero-order valence-corrected chi connectivity index (χ0v) is 16.9. The Morgan fingerprint density at radius 3 is 2.63 bits per heavy atom. The van der Waals surface area contributed by atoms with Crippen molar-refractivity contribution in [2.24, 2.45) is 10.1 Å². The van der Waals surface area contributed by atoms with Crippen molar-refractivity contribution in [3.63, 3.8) is 0 Å². The highest BCUT2D eigenvalue weighted by Crippen LogP contribution is 2.23. The van der Waals surface area contributed by atoms with E-state index in [2.05, 4.69) is 28.8 Å². The van der Waals surface area contributed by atoms with Crippen LogP contribution in [0, 0.1) is 5.82 Å². The lowest BCUT2D eigenvalue weighted by molar-refractivity contribution is 0.629. The molecule has 27 heavy (non-hydrogen) atoms. The molecular weight excluding hydrogens is 377 g/mol. The van der Waals surface area contributed by atoms with E-state index in [1.165, 1.54) is 22.3 Å². The molecule has 0 bridgehead atoms. The van der Waals surface area contributed by atoms with Crippen LogP contribution in [0.3, 0.4) is 0 Å². The summed E-state index contributed by atoms with van der Waals surface area (Å²) in [5.41, 5.74) is 3.10. The predicted molar refractivity (Wildman–Crippen MR) is 114 cm³/mol. The number of nitrogens with zero attached hydrogens (tertiary/aromatic N) is 3. The van der Waals surface area contributed by atoms with Gasteiger partial charge in [-0.25, -0.2) is 9.07 Å². The lowest BCUT2D eigenvalue weighted by atomic mass is 10.1. The summed E-state index contributed by atoms with van der Waals surface area (Å²) in [7, 11) is 0. The van der Waals surface area contributed by atoms with Crippen molar-refractivity contribution in [3.05, 3.63) is 82.2 Å². The van der Waals surface area contributed by atoms with Crippen LogP contribution in [-0.4, -0.2) is 23.7 Å². The number of rotatable bonds is 6. The van der Waals surface area contributed by atoms with E-state index in [1.807, 2.05) is 36.8 Å². The van der Waals surface area contributed by atoms with Gasteiger partial charge in [-0.3, -0.25) is 4.99 Å². The normalized spacial score (nSPS) is 12.0. The van der Waals surface area contributed by atoms with Crippen molar-refractivity contribution in [3.8, 4) is 11.3 Å². The van der Waals surface area contributed by atoms with E-state index in [0.29, 0.717) is 22.6 Å². The molecule has 1 aromatic heterocycles. The summed E-state index contributed by atoms with van der Waals surface area (Å²) >= 11 is 3.13. The fourth-order valence-corrected chi connectivity index (χ4v) is 3.63. The largest absolute Gasteiger partial charge is 0.253 e. The summed E-state index contributed by atoms with van der Waals surface area (Å²) in [6, 6.07) is 14.8. The summed E-state index contributed by atoms with van der Waals surface area (Å²) in [5, 5.41) is 6.47. The third-order valence-electron chi connectivity index (χ3n) is 3.76. The van der Waals surface area contributed by atoms with Crippen LogP contribution < -0.4 is 4.80 Å². The average molecular weight is 398 g/mol. The van der Waals surface area contributed by atoms with Crippen molar-refractivity contribution in [2.45, 2.75) is 11.8 Å². The second-order valence-electron chi connectivity index (χ2n) is 5.99. The Hall–Kier alpha value is -2.44. The average Bonchev–Trinajstić information content (AvgIpc) is 3.08. The minimum absolute atomic E-state index is 0.282. The first-order valence-electron chi connectivity index (χ1n) is 8.37. The highest BCUT2D eigenvalue weighted by Gasteiger charge is 2.11. The Kier molecular flexibility index (Phi) is 6.42. The topological polar surface area (TPSA) is 29.6 Å². The third kappa shape index (κ3) is 4.84. The van der Waals surface area contributed by atoms with E-state index in [9.17, 15) is 4.39 Å². The summed E-state index contributed by atoms with van der Waals surface area (Å²) in [5.74, 6) is -0.282. The second-order valence-corrected chi connectivity index (χ2v) is 7.70. The van der Waals surface area contributed by atoms with Gasteiger partial charge in [0.1, 0.15) is 5.82 Å². The van der Waals surface area contributed by atoms with Crippen molar-refractivity contribution in [1.82, 2.24) is 4.68 Å². The molecule has 3 aromatic rings. The first kappa shape index (κ1) is 19.3. The molecule has 6 heteroatoms. The van der Waals surface area contributed by atoms with Crippen LogP contribution in [0.15, 0.2) is 81.1 Å². The van der Waals surface area contributed by atoms with E-state index < -0.39 is 0 Å². The predicted octanol–water partition coefficient (Wildman–Crippen LogP) is 5.44. The lowest BCUT2D eigenvalue weighted by Gasteiger charge is -2.05. The lowest BCUT2D eigenvalue weighted by Crippen LogP contribution is -2.13. The highest BCUT2D eigenvalue weighted by molar-refractivity contribution is 7.98. The summed E-state index contributed by atoms with van der Waals surface area (Å²) < 4.78 is 16.0. The molecule has 0 fully saturated rings. The minimum Gasteiger partial charge on any atom is -0.253 e. The fraction of sp³-hybridized carbons (Fsp3) is 0.143. The van der Waals surface area contributed by atoms with Gasteiger partial charge >= 0.3 is 0 Å². The summed E-state index contributed by atoms with van der Waals surface area (Å²) in [6.07, 6.45) is 3.81. The van der Waals surface area contributed by atoms with Gasteiger partial charge in [0.25, 0.3) is 0 Å². The van der Waals surface area contributed by atoms with Crippen molar-refractivity contribution in [2.75, 3.05) is 12.8 Å². The van der Waals surface area contributed by atoms with Gasteiger partial charge in [0.15, 0.2) is 0 Å². The second kappa shape index (κ2) is 8.97. The molecule has 0 spiro atoms. The minimum atomic E-state index is -0.282. The standard InChI is InChI=1S/C21H20FN3S2/c1-15(2)12-23-21-25(24-13-16-8-10-17(26-3)11-9-16)20(14-27-21)18-6-4-5-7-19(18)22/h4-11,13-14H,1,12H2,2-3H3. The monoisotopic (exact) mass is 397 g/mol. The van der Waals surface area contributed by atoms with Crippen LogP contribution >= 0.6 is 23.1 Å². The van der Waals surface area contributed by atoms with Gasteiger partial charge in [0.05, 0.1) is 18.5 Å². The zero-order chi connectivity index (χ0) is 19.2. The SMILES string of the molecule is C=C(C)CN=c1scc(-c2ccccc2F)n1N=Cc1ccc(SC)cc1. The van der Waals surface area contributed by atoms with E-state index in [4.69, 9.17) is 0 Å². The zero-order valence-electron chi connectivity index (χ0n) is 15.2. The van der Waals surface area contributed by atoms with Gasteiger partial charge in [0.2, 0.25) is 4.80 Å². The maximum atomic E-state index is 14.3. The van der Waals surface area contributed by atoms with E-state index >= 15 is 0 Å². The Bertz CT molecular complexity index is 1030. The Morgan fingerprint density at radius 1 is 1.22 bits per heavy atom. The summed E-state index contributed by atoms with van der Waals surface area (Å²) in [4.78, 5) is 6.46. The Balaban J connectivity index is 2.05. The molecule has 0 radical (unpaired) electrons. The number of thiazole rings is 1. The molecule has 138 valence electrons. The van der Waals surface area contributed by atoms with Gasteiger partial charge in [-0.15, -0.1) is 23.1 Å². The maximum Gasteiger partial charge on any atom is 0.206 e. The summed E-state index contributed by atoms with van der Waals surface area (Å²) in [6.45, 7) is 6.33. The van der Waals surface area contributed by atoms with Gasteiger partial charge in [-0.05, 0) is 43.0 Å². The molecule has 0 aliphatic heterocycles. The van der Waals surface area contributed by atoms with Crippen LogP contribution in [-0.2, 0) is 0 Å². The van der Waals surface area contributed by atoms with Crippen LogP contribution in [0.5, 0.6) is 0 Å². The molecule has 3 rings (SSSR count). The van der Waals surface area contributed by atoms with Crippen LogP contribution in [0.25, 0.3) is 11.3 Å². The Labute approximate surface area is 166 Å². The molecule has 0 saturated heterocycles. The molecule has 0 saturated carbocycles. The number of halogens is 1. The molecule has 0 aliphatic carbocycles. The van der Waals surface area contributed by atoms with E-state index in [-0.39, 0.29) is 5.82 Å².